The van der Waals surface area contributed by atoms with Crippen LogP contribution in [0, 0.1) is 0 Å². The summed E-state index contributed by atoms with van der Waals surface area (Å²) in [5, 5.41) is 9.93. The van der Waals surface area contributed by atoms with Gasteiger partial charge in [0, 0.05) is 51.8 Å². The van der Waals surface area contributed by atoms with Crippen molar-refractivity contribution in [3.63, 3.8) is 0 Å². The molecule has 2 saturated heterocycles. The Morgan fingerprint density at radius 1 is 1.32 bits per heavy atom. The van der Waals surface area contributed by atoms with Gasteiger partial charge in [0.1, 0.15) is 5.60 Å². The summed E-state index contributed by atoms with van der Waals surface area (Å²) in [6.07, 6.45) is 2.86. The lowest BCUT2D eigenvalue weighted by molar-refractivity contribution is -0.00146. The van der Waals surface area contributed by atoms with Crippen LogP contribution in [-0.4, -0.2) is 62.7 Å². The van der Waals surface area contributed by atoms with Crippen molar-refractivity contribution in [1.29, 1.82) is 0 Å². The number of likely N-dealkylation sites (tertiary alicyclic amines) is 1. The predicted octanol–water partition coefficient (Wildman–Crippen LogP) is 0.817. The fraction of sp³-hybridized carbons (Fsp3) is 0.471. The van der Waals surface area contributed by atoms with E-state index in [2.05, 4.69) is 9.88 Å². The highest BCUT2D eigenvalue weighted by atomic mass is 16.6. The van der Waals surface area contributed by atoms with Crippen LogP contribution in [-0.2, 0) is 11.3 Å². The highest BCUT2D eigenvalue weighted by molar-refractivity contribution is 5.70. The van der Waals surface area contributed by atoms with Gasteiger partial charge in [-0.1, -0.05) is 0 Å². The Labute approximate surface area is 144 Å². The predicted molar refractivity (Wildman–Crippen MR) is 89.5 cm³/mol. The summed E-state index contributed by atoms with van der Waals surface area (Å²) in [5.41, 5.74) is 0.306. The number of aromatic nitrogens is 2. The first-order chi connectivity index (χ1) is 12.0. The second kappa shape index (κ2) is 5.73. The van der Waals surface area contributed by atoms with Gasteiger partial charge in [-0.15, -0.1) is 0 Å². The number of aromatic hydroxyl groups is 1. The van der Waals surface area contributed by atoms with E-state index in [0.29, 0.717) is 18.8 Å². The van der Waals surface area contributed by atoms with Gasteiger partial charge in [-0.3, -0.25) is 14.1 Å². The molecule has 2 aromatic rings. The van der Waals surface area contributed by atoms with Gasteiger partial charge in [-0.05, 0) is 12.1 Å². The molecule has 2 fully saturated rings. The SMILES string of the molecule is CN1CC2(CCN(Cc3cc(=O)n4cccc(O)c4n3)CC2)OC1=O. The van der Waals surface area contributed by atoms with Crippen LogP contribution >= 0.6 is 0 Å². The van der Waals surface area contributed by atoms with E-state index in [4.69, 9.17) is 4.74 Å². The first kappa shape index (κ1) is 15.9. The zero-order chi connectivity index (χ0) is 17.6. The summed E-state index contributed by atoms with van der Waals surface area (Å²) < 4.78 is 6.88. The average Bonchev–Trinajstić information content (AvgIpc) is 2.85. The quantitative estimate of drug-likeness (QED) is 0.868. The smallest absolute Gasteiger partial charge is 0.410 e. The van der Waals surface area contributed by atoms with Crippen molar-refractivity contribution in [2.75, 3.05) is 26.7 Å². The van der Waals surface area contributed by atoms with Gasteiger partial charge in [-0.25, -0.2) is 9.78 Å². The van der Waals surface area contributed by atoms with Gasteiger partial charge in [0.2, 0.25) is 0 Å². The van der Waals surface area contributed by atoms with Gasteiger partial charge >= 0.3 is 6.09 Å². The Bertz CT molecular complexity index is 886. The largest absolute Gasteiger partial charge is 0.504 e. The molecule has 25 heavy (non-hydrogen) atoms. The van der Waals surface area contributed by atoms with Crippen molar-refractivity contribution in [3.8, 4) is 5.75 Å². The summed E-state index contributed by atoms with van der Waals surface area (Å²) in [6, 6.07) is 4.62. The van der Waals surface area contributed by atoms with Crippen LogP contribution in [0.15, 0.2) is 29.2 Å². The van der Waals surface area contributed by atoms with E-state index in [1.165, 1.54) is 16.5 Å². The molecule has 132 valence electrons. The zero-order valence-corrected chi connectivity index (χ0v) is 14.0. The van der Waals surface area contributed by atoms with Gasteiger partial charge in [0.05, 0.1) is 12.2 Å². The number of carbonyl (C=O) groups is 1. The summed E-state index contributed by atoms with van der Waals surface area (Å²) in [5.74, 6) is -0.0139. The molecule has 4 rings (SSSR count). The monoisotopic (exact) mass is 344 g/mol. The van der Waals surface area contributed by atoms with Crippen LogP contribution in [0.25, 0.3) is 5.65 Å². The molecule has 1 amide bonds. The van der Waals surface area contributed by atoms with Crippen molar-refractivity contribution in [3.05, 3.63) is 40.4 Å². The highest BCUT2D eigenvalue weighted by Crippen LogP contribution is 2.32. The van der Waals surface area contributed by atoms with E-state index in [9.17, 15) is 14.7 Å². The van der Waals surface area contributed by atoms with Crippen LogP contribution in [0.5, 0.6) is 5.75 Å². The maximum absolute atomic E-state index is 12.2. The molecule has 0 saturated carbocycles. The topological polar surface area (TPSA) is 87.4 Å². The van der Waals surface area contributed by atoms with E-state index >= 15 is 0 Å². The number of carbonyl (C=O) groups excluding carboxylic acids is 1. The molecule has 0 bridgehead atoms. The minimum Gasteiger partial charge on any atom is -0.504 e. The van der Waals surface area contributed by atoms with Gasteiger partial charge in [0.25, 0.3) is 5.56 Å². The van der Waals surface area contributed by atoms with Crippen LogP contribution < -0.4 is 5.56 Å². The standard InChI is InChI=1S/C17H20N4O4/c1-19-11-17(25-16(19)24)4-7-20(8-5-17)10-12-9-14(23)21-6-2-3-13(22)15(21)18-12/h2-3,6,9,22H,4-5,7-8,10-11H2,1H3. The number of pyridine rings is 1. The minimum atomic E-state index is -0.378. The molecule has 8 heteroatoms. The molecule has 4 heterocycles. The summed E-state index contributed by atoms with van der Waals surface area (Å²) in [4.78, 5) is 32.1. The van der Waals surface area contributed by atoms with Gasteiger partial charge in [0.15, 0.2) is 11.4 Å². The third kappa shape index (κ3) is 2.82. The fourth-order valence-electron chi connectivity index (χ4n) is 3.64. The maximum atomic E-state index is 12.2. The van der Waals surface area contributed by atoms with Crippen LogP contribution in [0.2, 0.25) is 0 Å². The molecule has 0 unspecified atom stereocenters. The third-order valence-corrected chi connectivity index (χ3v) is 5.02. The van der Waals surface area contributed by atoms with Crippen LogP contribution in [0.4, 0.5) is 4.79 Å². The van der Waals surface area contributed by atoms with E-state index in [1.807, 2.05) is 0 Å². The Kier molecular flexibility index (Phi) is 3.64. The number of hydrogen-bond acceptors (Lipinski definition) is 6. The number of hydrogen-bond donors (Lipinski definition) is 1. The number of likely N-dealkylation sites (N-methyl/N-ethyl adjacent to an activating group) is 1. The number of nitrogens with zero attached hydrogens (tertiary/aromatic N) is 4. The van der Waals surface area contributed by atoms with Gasteiger partial charge < -0.3 is 14.7 Å². The molecule has 0 atom stereocenters. The zero-order valence-electron chi connectivity index (χ0n) is 14.0. The summed E-state index contributed by atoms with van der Waals surface area (Å²) in [7, 11) is 1.75. The van der Waals surface area contributed by atoms with Crippen molar-refractivity contribution >= 4 is 11.7 Å². The van der Waals surface area contributed by atoms with Crippen molar-refractivity contribution in [1.82, 2.24) is 19.2 Å². The Morgan fingerprint density at radius 2 is 2.08 bits per heavy atom. The lowest BCUT2D eigenvalue weighted by atomic mass is 9.91. The first-order valence-electron chi connectivity index (χ1n) is 8.33. The Morgan fingerprint density at radius 3 is 2.76 bits per heavy atom. The second-order valence-corrected chi connectivity index (χ2v) is 6.86. The van der Waals surface area contributed by atoms with Crippen LogP contribution in [0.3, 0.4) is 0 Å². The molecule has 2 aliphatic rings. The molecule has 0 aliphatic carbocycles. The third-order valence-electron chi connectivity index (χ3n) is 5.02. The molecule has 0 radical (unpaired) electrons. The van der Waals surface area contributed by atoms with Crippen LogP contribution in [0.1, 0.15) is 18.5 Å². The number of rotatable bonds is 2. The van der Waals surface area contributed by atoms with E-state index in [-0.39, 0.29) is 28.7 Å². The number of ether oxygens (including phenoxy) is 1. The molecule has 2 aromatic heterocycles. The summed E-state index contributed by atoms with van der Waals surface area (Å²) >= 11 is 0. The maximum Gasteiger partial charge on any atom is 0.410 e. The number of piperidine rings is 1. The van der Waals surface area contributed by atoms with Gasteiger partial charge in [-0.2, -0.15) is 0 Å². The highest BCUT2D eigenvalue weighted by Gasteiger charge is 2.45. The summed E-state index contributed by atoms with van der Waals surface area (Å²) in [6.45, 7) is 2.69. The normalized spacial score (nSPS) is 20.4. The van der Waals surface area contributed by atoms with E-state index < -0.39 is 0 Å². The lowest BCUT2D eigenvalue weighted by Crippen LogP contribution is -2.46. The second-order valence-electron chi connectivity index (χ2n) is 6.86. The molecular weight excluding hydrogens is 324 g/mol. The molecule has 1 spiro atoms. The van der Waals surface area contributed by atoms with Crippen molar-refractivity contribution in [2.45, 2.75) is 25.0 Å². The Hall–Kier alpha value is -2.61. The van der Waals surface area contributed by atoms with E-state index in [0.717, 1.165) is 25.9 Å². The van der Waals surface area contributed by atoms with Crippen molar-refractivity contribution < 1.29 is 14.6 Å². The van der Waals surface area contributed by atoms with E-state index in [1.54, 1.807) is 24.2 Å². The molecular formula is C17H20N4O4. The molecule has 0 aromatic carbocycles. The molecule has 8 nitrogen and oxygen atoms in total. The number of fused-ring (bicyclic) bond motifs is 1. The minimum absolute atomic E-state index is 0.0139. The molecule has 1 N–H and O–H groups in total. The lowest BCUT2D eigenvalue weighted by Gasteiger charge is -2.37. The average molecular weight is 344 g/mol. The Balaban J connectivity index is 1.49. The fourth-order valence-corrected chi connectivity index (χ4v) is 3.64. The molecule has 2 aliphatic heterocycles. The first-order valence-corrected chi connectivity index (χ1v) is 8.33. The number of amides is 1. The van der Waals surface area contributed by atoms with Crippen molar-refractivity contribution in [2.24, 2.45) is 0 Å².